The third-order valence-electron chi connectivity index (χ3n) is 2.90. The van der Waals surface area contributed by atoms with E-state index in [1.807, 2.05) is 0 Å². The lowest BCUT2D eigenvalue weighted by Crippen LogP contribution is -2.44. The van der Waals surface area contributed by atoms with Crippen LogP contribution in [-0.2, 0) is 20.8 Å². The van der Waals surface area contributed by atoms with Gasteiger partial charge in [0.25, 0.3) is 0 Å². The van der Waals surface area contributed by atoms with Crippen LogP contribution in [0, 0.1) is 0 Å². The molecule has 0 atom stereocenters. The topological polar surface area (TPSA) is 66.5 Å². The van der Waals surface area contributed by atoms with Gasteiger partial charge < -0.3 is 5.32 Å². The lowest BCUT2D eigenvalue weighted by Gasteiger charge is -2.25. The van der Waals surface area contributed by atoms with Crippen LogP contribution in [0.25, 0.3) is 0 Å². The second kappa shape index (κ2) is 5.12. The van der Waals surface area contributed by atoms with E-state index in [-0.39, 0.29) is 5.75 Å². The molecule has 0 radical (unpaired) electrons. The maximum absolute atomic E-state index is 11.9. The van der Waals surface area contributed by atoms with E-state index in [4.69, 9.17) is 0 Å². The standard InChI is InChI=1S/C9H18N2O3S2/c12-15-6-4-11(5-7-15)16(13,14)8-3-10-9-1-2-9/h9-10H,1-8H2. The summed E-state index contributed by atoms with van der Waals surface area (Å²) in [5.74, 6) is 1.13. The fourth-order valence-corrected chi connectivity index (χ4v) is 4.36. The molecular formula is C9H18N2O3S2. The van der Waals surface area contributed by atoms with Gasteiger partial charge in [0.2, 0.25) is 10.0 Å². The molecule has 2 aliphatic rings. The van der Waals surface area contributed by atoms with Gasteiger partial charge in [-0.25, -0.2) is 12.7 Å². The molecule has 0 bridgehead atoms. The van der Waals surface area contributed by atoms with Crippen LogP contribution >= 0.6 is 0 Å². The second-order valence-corrected chi connectivity index (χ2v) is 8.08. The van der Waals surface area contributed by atoms with Crippen molar-refractivity contribution in [1.82, 2.24) is 9.62 Å². The molecule has 1 aliphatic heterocycles. The van der Waals surface area contributed by atoms with Crippen molar-refractivity contribution in [3.8, 4) is 0 Å². The molecule has 1 N–H and O–H groups in total. The Labute approximate surface area is 99.1 Å². The second-order valence-electron chi connectivity index (χ2n) is 4.29. The van der Waals surface area contributed by atoms with Crippen molar-refractivity contribution in [2.45, 2.75) is 18.9 Å². The van der Waals surface area contributed by atoms with Crippen molar-refractivity contribution in [2.24, 2.45) is 0 Å². The summed E-state index contributed by atoms with van der Waals surface area (Å²) in [5, 5.41) is 3.19. The quantitative estimate of drug-likeness (QED) is 0.703. The van der Waals surface area contributed by atoms with Crippen LogP contribution in [0.5, 0.6) is 0 Å². The van der Waals surface area contributed by atoms with Crippen molar-refractivity contribution in [3.63, 3.8) is 0 Å². The summed E-state index contributed by atoms with van der Waals surface area (Å²) < 4.78 is 36.4. The molecule has 7 heteroatoms. The minimum absolute atomic E-state index is 0.163. The minimum atomic E-state index is -3.14. The van der Waals surface area contributed by atoms with Crippen LogP contribution < -0.4 is 5.32 Å². The molecule has 94 valence electrons. The summed E-state index contributed by atoms with van der Waals surface area (Å²) >= 11 is 0. The SMILES string of the molecule is O=S1CCN(S(=O)(=O)CCNC2CC2)CC1. The first-order valence-electron chi connectivity index (χ1n) is 5.64. The summed E-state index contributed by atoms with van der Waals surface area (Å²) in [6, 6.07) is 0.545. The maximum atomic E-state index is 11.9. The van der Waals surface area contributed by atoms with Gasteiger partial charge in [-0.05, 0) is 12.8 Å². The lowest BCUT2D eigenvalue weighted by molar-refractivity contribution is 0.437. The molecule has 1 saturated heterocycles. The molecule has 0 aromatic heterocycles. The number of nitrogens with zero attached hydrogens (tertiary/aromatic N) is 1. The smallest absolute Gasteiger partial charge is 0.215 e. The van der Waals surface area contributed by atoms with Crippen LogP contribution in [0.1, 0.15) is 12.8 Å². The Balaban J connectivity index is 1.78. The number of sulfonamides is 1. The summed E-state index contributed by atoms with van der Waals surface area (Å²) in [6.45, 7) is 1.36. The average Bonchev–Trinajstić information content (AvgIpc) is 3.02. The Morgan fingerprint density at radius 1 is 1.25 bits per heavy atom. The molecule has 16 heavy (non-hydrogen) atoms. The van der Waals surface area contributed by atoms with Gasteiger partial charge in [0.05, 0.1) is 5.75 Å². The van der Waals surface area contributed by atoms with E-state index < -0.39 is 20.8 Å². The van der Waals surface area contributed by atoms with Gasteiger partial charge in [0.1, 0.15) is 0 Å². The number of rotatable bonds is 5. The molecule has 0 aromatic rings. The first-order chi connectivity index (χ1) is 7.58. The molecule has 1 saturated carbocycles. The van der Waals surface area contributed by atoms with Crippen molar-refractivity contribution in [3.05, 3.63) is 0 Å². The highest BCUT2D eigenvalue weighted by atomic mass is 32.2. The molecule has 1 aliphatic carbocycles. The molecule has 1 heterocycles. The third kappa shape index (κ3) is 3.51. The van der Waals surface area contributed by atoms with Gasteiger partial charge >= 0.3 is 0 Å². The average molecular weight is 266 g/mol. The predicted molar refractivity (Wildman–Crippen MR) is 64.3 cm³/mol. The van der Waals surface area contributed by atoms with Gasteiger partial charge in [-0.3, -0.25) is 4.21 Å². The van der Waals surface area contributed by atoms with E-state index in [0.29, 0.717) is 37.2 Å². The van der Waals surface area contributed by atoms with E-state index in [0.717, 1.165) is 0 Å². The highest BCUT2D eigenvalue weighted by molar-refractivity contribution is 7.89. The number of hydrogen-bond acceptors (Lipinski definition) is 4. The Morgan fingerprint density at radius 2 is 1.88 bits per heavy atom. The van der Waals surface area contributed by atoms with Gasteiger partial charge in [-0.15, -0.1) is 0 Å². The molecule has 0 spiro atoms. The largest absolute Gasteiger partial charge is 0.313 e. The molecule has 2 rings (SSSR count). The fourth-order valence-electron chi connectivity index (χ4n) is 1.71. The van der Waals surface area contributed by atoms with Crippen molar-refractivity contribution in [1.29, 1.82) is 0 Å². The summed E-state index contributed by atoms with van der Waals surface area (Å²) in [4.78, 5) is 0. The highest BCUT2D eigenvalue weighted by Gasteiger charge is 2.27. The first kappa shape index (κ1) is 12.5. The minimum Gasteiger partial charge on any atom is -0.313 e. The van der Waals surface area contributed by atoms with Gasteiger partial charge in [-0.1, -0.05) is 0 Å². The Kier molecular flexibility index (Phi) is 3.99. The summed E-state index contributed by atoms with van der Waals surface area (Å²) in [6.07, 6.45) is 2.34. The van der Waals surface area contributed by atoms with E-state index in [9.17, 15) is 12.6 Å². The van der Waals surface area contributed by atoms with Crippen LogP contribution in [0.3, 0.4) is 0 Å². The van der Waals surface area contributed by atoms with Crippen molar-refractivity contribution >= 4 is 20.8 Å². The van der Waals surface area contributed by atoms with Crippen molar-refractivity contribution in [2.75, 3.05) is 36.9 Å². The predicted octanol–water partition coefficient (Wildman–Crippen LogP) is -0.867. The highest BCUT2D eigenvalue weighted by Crippen LogP contribution is 2.18. The van der Waals surface area contributed by atoms with Crippen molar-refractivity contribution < 1.29 is 12.6 Å². The number of hydrogen-bond donors (Lipinski definition) is 1. The molecule has 0 amide bonds. The van der Waals surface area contributed by atoms with E-state index in [2.05, 4.69) is 5.32 Å². The number of nitrogens with one attached hydrogen (secondary N) is 1. The van der Waals surface area contributed by atoms with Crippen LogP contribution in [0.4, 0.5) is 0 Å². The zero-order valence-corrected chi connectivity index (χ0v) is 10.9. The first-order valence-corrected chi connectivity index (χ1v) is 8.74. The molecular weight excluding hydrogens is 248 g/mol. The fraction of sp³-hybridized carbons (Fsp3) is 1.00. The lowest BCUT2D eigenvalue weighted by atomic mass is 10.6. The van der Waals surface area contributed by atoms with E-state index >= 15 is 0 Å². The summed E-state index contributed by atoms with van der Waals surface area (Å²) in [5.41, 5.74) is 0. The maximum Gasteiger partial charge on any atom is 0.215 e. The monoisotopic (exact) mass is 266 g/mol. The van der Waals surface area contributed by atoms with Gasteiger partial charge in [0.15, 0.2) is 0 Å². The zero-order chi connectivity index (χ0) is 11.6. The third-order valence-corrected chi connectivity index (χ3v) is 6.05. The zero-order valence-electron chi connectivity index (χ0n) is 9.22. The van der Waals surface area contributed by atoms with E-state index in [1.165, 1.54) is 17.1 Å². The molecule has 0 aromatic carbocycles. The molecule has 2 fully saturated rings. The Bertz CT molecular complexity index is 355. The Morgan fingerprint density at radius 3 is 2.44 bits per heavy atom. The van der Waals surface area contributed by atoms with Gasteiger partial charge in [-0.2, -0.15) is 0 Å². The van der Waals surface area contributed by atoms with Crippen LogP contribution in [0.15, 0.2) is 0 Å². The van der Waals surface area contributed by atoms with E-state index in [1.54, 1.807) is 0 Å². The van der Waals surface area contributed by atoms with Crippen LogP contribution in [-0.4, -0.2) is 59.9 Å². The van der Waals surface area contributed by atoms with Crippen LogP contribution in [0.2, 0.25) is 0 Å². The molecule has 0 unspecified atom stereocenters. The Hall–Kier alpha value is 0.0200. The molecule has 5 nitrogen and oxygen atoms in total. The van der Waals surface area contributed by atoms with Gasteiger partial charge in [0, 0.05) is 48.0 Å². The normalized spacial score (nSPS) is 24.8. The summed E-state index contributed by atoms with van der Waals surface area (Å²) in [7, 11) is -3.96.